The maximum absolute atomic E-state index is 12.7. The molecular formula is C59H72N16O15S5. The average molecular weight is 1410 g/mol. The van der Waals surface area contributed by atoms with Crippen LogP contribution >= 0.6 is 57.6 Å². The smallest absolute Gasteiger partial charge is 0.311 e. The number of ether oxygens (including phenoxy) is 5. The van der Waals surface area contributed by atoms with Crippen molar-refractivity contribution in [1.82, 2.24) is 58.1 Å². The summed E-state index contributed by atoms with van der Waals surface area (Å²) in [5, 5.41) is 19.9. The van der Waals surface area contributed by atoms with Gasteiger partial charge in [0.2, 0.25) is 23.8 Å². The molecule has 0 radical (unpaired) electrons. The molecule has 12 heterocycles. The summed E-state index contributed by atoms with van der Waals surface area (Å²) in [6.45, 7) is 17.6. The number of aliphatic hydroxyl groups is 2. The summed E-state index contributed by atoms with van der Waals surface area (Å²) in [5.74, 6) is -0.0831. The van der Waals surface area contributed by atoms with E-state index in [-0.39, 0.29) is 117 Å². The zero-order chi connectivity index (χ0) is 68.4. The van der Waals surface area contributed by atoms with E-state index in [1.165, 1.54) is 18.3 Å². The number of aromatic amines is 4. The Hall–Kier alpha value is -8.17. The maximum atomic E-state index is 12.7. The number of benzene rings is 1. The molecule has 0 spiro atoms. The summed E-state index contributed by atoms with van der Waals surface area (Å²) in [5.41, 5.74) is 24.6. The molecule has 9 aromatic rings. The number of nitrogens with zero attached hydrogens (tertiary/aromatic N) is 8. The Bertz CT molecular complexity index is 4700. The van der Waals surface area contributed by atoms with Crippen molar-refractivity contribution in [3.05, 3.63) is 140 Å². The third-order valence-corrected chi connectivity index (χ3v) is 20.2. The Morgan fingerprint density at radius 3 is 1.26 bits per heavy atom. The molecule has 31 nitrogen and oxygen atoms in total. The number of hydrogen-bond acceptors (Lipinski definition) is 28. The minimum absolute atomic E-state index is 0.00413. The molecule has 0 aliphatic carbocycles. The molecule has 12 atom stereocenters. The highest BCUT2D eigenvalue weighted by molar-refractivity contribution is 7.80. The molecule has 4 aliphatic heterocycles. The molecule has 95 heavy (non-hydrogen) atoms. The SMILES string of the molecule is C=C(C)C[C@@H]1C[C@@H](CC)O[C@H]1n1c(=O)sc2c(=O)[nH]c(N)nc21.C=C(C)C[C@@H]1C[C@@H](CO)O[C@H]1n1c(=O)sc2c(=O)[nH]c(N)nc21.CC[C@@H]1C[C@@H](O)[C@H](n2c(=O)sc3c(=O)[nH]c(N)nc32)O1.CC[C@@H]1C[C@@H](OC(=S)Cc2ccccc2)[C@H](n2c(=O)sc3c(=O)[nH]c(N)nc32)O1. The molecule has 36 heteroatoms. The van der Waals surface area contributed by atoms with Gasteiger partial charge in [-0.15, -0.1) is 13.2 Å². The van der Waals surface area contributed by atoms with Gasteiger partial charge in [0.25, 0.3) is 22.2 Å². The fourth-order valence-corrected chi connectivity index (χ4v) is 15.7. The Labute approximate surface area is 558 Å². The van der Waals surface area contributed by atoms with Crippen molar-refractivity contribution in [3.8, 4) is 0 Å². The minimum Gasteiger partial charge on any atom is -0.479 e. The second kappa shape index (κ2) is 29.4. The van der Waals surface area contributed by atoms with E-state index in [4.69, 9.17) is 58.8 Å². The minimum atomic E-state index is -0.824. The van der Waals surface area contributed by atoms with Crippen LogP contribution in [0.4, 0.5) is 23.8 Å². The summed E-state index contributed by atoms with van der Waals surface area (Å²) in [7, 11) is 0. The topological polar surface area (TPSA) is 462 Å². The lowest BCUT2D eigenvalue weighted by atomic mass is 9.95. The van der Waals surface area contributed by atoms with Crippen molar-refractivity contribution < 1.29 is 33.9 Å². The predicted octanol–water partition coefficient (Wildman–Crippen LogP) is 4.77. The van der Waals surface area contributed by atoms with Crippen molar-refractivity contribution in [1.29, 1.82) is 0 Å². The van der Waals surface area contributed by atoms with Crippen LogP contribution in [0.2, 0.25) is 0 Å². The van der Waals surface area contributed by atoms with Gasteiger partial charge in [-0.25, -0.2) is 0 Å². The summed E-state index contributed by atoms with van der Waals surface area (Å²) in [4.78, 5) is 122. The second-order valence-electron chi connectivity index (χ2n) is 23.4. The first-order chi connectivity index (χ1) is 45.3. The van der Waals surface area contributed by atoms with Gasteiger partial charge in [0.15, 0.2) is 40.1 Å². The van der Waals surface area contributed by atoms with Crippen LogP contribution in [0.1, 0.15) is 123 Å². The van der Waals surface area contributed by atoms with Gasteiger partial charge < -0.3 is 56.8 Å². The van der Waals surface area contributed by atoms with Gasteiger partial charge in [-0.1, -0.05) is 108 Å². The highest BCUT2D eigenvalue weighted by Gasteiger charge is 2.42. The van der Waals surface area contributed by atoms with Gasteiger partial charge in [-0.3, -0.25) is 76.6 Å². The van der Waals surface area contributed by atoms with E-state index in [0.29, 0.717) is 42.8 Å². The number of aromatic nitrogens is 12. The fraction of sp³-hybridized carbons (Fsp3) is 0.475. The number of nitrogens with two attached hydrogens (primary N) is 4. The molecule has 14 N–H and O–H groups in total. The largest absolute Gasteiger partial charge is 0.479 e. The van der Waals surface area contributed by atoms with Crippen molar-refractivity contribution >= 4 is 128 Å². The molecule has 4 fully saturated rings. The summed E-state index contributed by atoms with van der Waals surface area (Å²) < 4.78 is 36.0. The van der Waals surface area contributed by atoms with Gasteiger partial charge in [-0.05, 0) is 76.6 Å². The van der Waals surface area contributed by atoms with E-state index in [1.807, 2.05) is 58.0 Å². The molecule has 0 saturated carbocycles. The van der Waals surface area contributed by atoms with Crippen LogP contribution in [-0.4, -0.2) is 117 Å². The number of anilines is 4. The zero-order valence-corrected chi connectivity index (χ0v) is 56.2. The Morgan fingerprint density at radius 1 is 0.547 bits per heavy atom. The van der Waals surface area contributed by atoms with Crippen molar-refractivity contribution in [2.75, 3.05) is 29.5 Å². The highest BCUT2D eigenvalue weighted by Crippen LogP contribution is 2.42. The van der Waals surface area contributed by atoms with Crippen molar-refractivity contribution in [3.63, 3.8) is 0 Å². The highest BCUT2D eigenvalue weighted by atomic mass is 32.1. The number of thiazole rings is 4. The van der Waals surface area contributed by atoms with E-state index in [2.05, 4.69) is 60.0 Å². The number of thiocarbonyl (C=S) groups is 1. The molecule has 13 rings (SSSR count). The number of nitrogen functional groups attached to an aromatic ring is 4. The average Bonchev–Trinajstić information content (AvgIpc) is 1.64. The third kappa shape index (κ3) is 15.1. The first-order valence-electron chi connectivity index (χ1n) is 30.3. The quantitative estimate of drug-likeness (QED) is 0.0488. The summed E-state index contributed by atoms with van der Waals surface area (Å²) in [6, 6.07) is 9.77. The predicted molar refractivity (Wildman–Crippen MR) is 367 cm³/mol. The van der Waals surface area contributed by atoms with Gasteiger partial charge in [0.05, 0.1) is 31.0 Å². The van der Waals surface area contributed by atoms with Crippen molar-refractivity contribution in [2.24, 2.45) is 11.8 Å². The van der Waals surface area contributed by atoms with E-state index in [1.54, 1.807) is 0 Å². The monoisotopic (exact) mass is 1400 g/mol. The van der Waals surface area contributed by atoms with Crippen LogP contribution < -0.4 is 64.7 Å². The number of nitrogens with one attached hydrogen (secondary N) is 4. The van der Waals surface area contributed by atoms with Crippen molar-refractivity contribution in [2.45, 2.75) is 160 Å². The van der Waals surface area contributed by atoms with Gasteiger partial charge in [0, 0.05) is 31.1 Å². The molecule has 0 unspecified atom stereocenters. The molecule has 0 bridgehead atoms. The number of aliphatic hydroxyl groups excluding tert-OH is 2. The normalized spacial score (nSPS) is 23.9. The van der Waals surface area contributed by atoms with Gasteiger partial charge in [-0.2, -0.15) is 19.9 Å². The fourth-order valence-electron chi connectivity index (χ4n) is 12.0. The standard InChI is InChI=1S/C19H20N4O4S2.C15H20N4O3S.C14H18N4O4S.C11H14N4O4S/c1-2-11-9-12(27-13(28)8-10-6-4-3-5-7-10)17(26-11)23-15-14(29-19(23)25)16(24)22-18(20)21-15;1-4-9-6-8(5-7(2)3)13(22-9)19-11-10(23-15(19)21)12(20)18-14(16)17-11;1-6(2)3-7-4-8(5-19)22-12(7)18-10-9(23-14(18)21)11(20)17-13(15)16-10;1-2-4-3-5(16)9(19-4)15-7-6(20-11(15)18)8(17)14-10(12)13-7/h3-7,11-12,17H,2,8-9H2,1H3,(H3,20,21,22,24);8-9,13H,2,4-6H2,1,3H3,(H3,16,17,18,20);7-8,12,19H,1,3-5H2,2H3,(H3,15,16,17,20);4-5,9,16H,2-3H2,1H3,(H3,12,13,14,17)/t11-,12-,17-;8-,9-,13-;7-,8+,12-;4-,5-,9-/m1111/s1. The molecule has 1 aromatic carbocycles. The van der Waals surface area contributed by atoms with Gasteiger partial charge in [0.1, 0.15) is 43.5 Å². The number of fused-ring (bicyclic) bond motifs is 4. The molecular weight excluding hydrogens is 1330 g/mol. The number of H-pyrrole nitrogens is 4. The van der Waals surface area contributed by atoms with Crippen LogP contribution in [-0.2, 0) is 30.1 Å². The van der Waals surface area contributed by atoms with E-state index in [0.717, 1.165) is 94.2 Å². The lowest BCUT2D eigenvalue weighted by Gasteiger charge is -2.21. The Balaban J connectivity index is 0.000000139. The molecule has 508 valence electrons. The summed E-state index contributed by atoms with van der Waals surface area (Å²) in [6.07, 6.45) is 2.43. The molecule has 4 saturated heterocycles. The summed E-state index contributed by atoms with van der Waals surface area (Å²) >= 11 is 8.71. The van der Waals surface area contributed by atoms with Gasteiger partial charge >= 0.3 is 19.5 Å². The first-order valence-corrected chi connectivity index (χ1v) is 34.0. The maximum Gasteiger partial charge on any atom is 0.311 e. The lowest BCUT2D eigenvalue weighted by molar-refractivity contribution is -0.0364. The zero-order valence-electron chi connectivity index (χ0n) is 52.1. The van der Waals surface area contributed by atoms with Crippen LogP contribution in [0.3, 0.4) is 0 Å². The van der Waals surface area contributed by atoms with Crippen LogP contribution in [0, 0.1) is 11.8 Å². The van der Waals surface area contributed by atoms with E-state index >= 15 is 0 Å². The Kier molecular flexibility index (Phi) is 21.6. The van der Waals surface area contributed by atoms with E-state index in [9.17, 15) is 48.6 Å². The Morgan fingerprint density at radius 2 is 0.884 bits per heavy atom. The first kappa shape index (κ1) is 69.7. The molecule has 0 amide bonds. The third-order valence-electron chi connectivity index (χ3n) is 16.2. The number of hydrogen-bond donors (Lipinski definition) is 10. The second-order valence-corrected chi connectivity index (χ2v) is 27.7. The number of allylic oxidation sites excluding steroid dienone is 2. The number of rotatable bonds is 15. The van der Waals surface area contributed by atoms with Crippen LogP contribution in [0.5, 0.6) is 0 Å². The van der Waals surface area contributed by atoms with E-state index < -0.39 is 64.2 Å². The van der Waals surface area contributed by atoms with Crippen LogP contribution in [0.15, 0.2) is 93.0 Å². The lowest BCUT2D eigenvalue weighted by Crippen LogP contribution is -2.30. The molecule has 8 aromatic heterocycles. The van der Waals surface area contributed by atoms with Crippen LogP contribution in [0.25, 0.3) is 41.4 Å². The molecule has 4 aliphatic rings.